The van der Waals surface area contributed by atoms with Crippen LogP contribution in [0, 0.1) is 0 Å². The summed E-state index contributed by atoms with van der Waals surface area (Å²) in [4.78, 5) is 11.1. The van der Waals surface area contributed by atoms with Crippen molar-refractivity contribution in [2.45, 2.75) is 4.90 Å². The van der Waals surface area contributed by atoms with Crippen LogP contribution in [0.3, 0.4) is 0 Å². The predicted molar refractivity (Wildman–Crippen MR) is 47.2 cm³/mol. The highest BCUT2D eigenvalue weighted by Gasteiger charge is 1.97. The van der Waals surface area contributed by atoms with Crippen LogP contribution in [-0.2, 0) is 0 Å². The first-order chi connectivity index (χ1) is 5.74. The van der Waals surface area contributed by atoms with Gasteiger partial charge in [-0.15, -0.1) is 11.8 Å². The van der Waals surface area contributed by atoms with E-state index in [9.17, 15) is 9.90 Å². The van der Waals surface area contributed by atoms with Crippen LogP contribution >= 0.6 is 11.8 Å². The fourth-order valence-electron chi connectivity index (χ4n) is 0.858. The molecule has 12 heavy (non-hydrogen) atoms. The van der Waals surface area contributed by atoms with Gasteiger partial charge in [0.05, 0.1) is 5.69 Å². The Bertz CT molecular complexity index is 288. The number of thioether (sulfide) groups is 1. The third-order valence-electron chi connectivity index (χ3n) is 1.34. The van der Waals surface area contributed by atoms with Crippen LogP contribution < -0.4 is 10.4 Å². The van der Waals surface area contributed by atoms with E-state index >= 15 is 0 Å². The average Bonchev–Trinajstić information content (AvgIpc) is 2.04. The summed E-state index contributed by atoms with van der Waals surface area (Å²) >= 11 is 1.48. The van der Waals surface area contributed by atoms with Crippen LogP contribution in [0.25, 0.3) is 0 Å². The number of hydrogen-bond acceptors (Lipinski definition) is 3. The summed E-state index contributed by atoms with van der Waals surface area (Å²) < 4.78 is 0. The molecule has 1 N–H and O–H groups in total. The second-order valence-electron chi connectivity index (χ2n) is 2.11. The van der Waals surface area contributed by atoms with E-state index in [0.29, 0.717) is 5.69 Å². The Kier molecular flexibility index (Phi) is 2.99. The van der Waals surface area contributed by atoms with Crippen LogP contribution in [-0.4, -0.2) is 12.3 Å². The Balaban J connectivity index is 2.89. The molecule has 1 aromatic carbocycles. The Morgan fingerprint density at radius 1 is 1.50 bits per heavy atom. The molecule has 0 aromatic heterocycles. The fraction of sp³-hybridized carbons (Fsp3) is 0.125. The van der Waals surface area contributed by atoms with Gasteiger partial charge in [-0.25, -0.2) is 0 Å². The molecule has 1 amide bonds. The van der Waals surface area contributed by atoms with Gasteiger partial charge in [-0.1, -0.05) is 12.1 Å². The molecule has 0 saturated heterocycles. The molecule has 0 radical (unpaired) electrons. The minimum Gasteiger partial charge on any atom is -0.530 e. The van der Waals surface area contributed by atoms with Crippen LogP contribution in [0.1, 0.15) is 0 Å². The number of benzene rings is 1. The van der Waals surface area contributed by atoms with Crippen LogP contribution in [0.5, 0.6) is 0 Å². The molecule has 0 heterocycles. The van der Waals surface area contributed by atoms with E-state index < -0.39 is 6.09 Å². The van der Waals surface area contributed by atoms with Crippen molar-refractivity contribution >= 4 is 23.5 Å². The highest BCUT2D eigenvalue weighted by atomic mass is 32.2. The highest BCUT2D eigenvalue weighted by Crippen LogP contribution is 2.23. The van der Waals surface area contributed by atoms with Crippen LogP contribution in [0.2, 0.25) is 0 Å². The van der Waals surface area contributed by atoms with E-state index in [1.165, 1.54) is 11.8 Å². The molecular formula is C8H8NO2S-. The lowest BCUT2D eigenvalue weighted by molar-refractivity contribution is -0.242. The van der Waals surface area contributed by atoms with E-state index in [1.54, 1.807) is 12.1 Å². The molecule has 64 valence electrons. The van der Waals surface area contributed by atoms with Crippen molar-refractivity contribution < 1.29 is 9.90 Å². The second-order valence-corrected chi connectivity index (χ2v) is 2.96. The SMILES string of the molecule is CSc1ccccc1NC(=O)[O-]. The summed E-state index contributed by atoms with van der Waals surface area (Å²) in [5.74, 6) is 0. The third-order valence-corrected chi connectivity index (χ3v) is 2.14. The molecule has 4 heteroatoms. The summed E-state index contributed by atoms with van der Waals surface area (Å²) in [6.45, 7) is 0. The molecule has 1 aromatic rings. The number of carboxylic acid groups (broad SMARTS) is 1. The smallest absolute Gasteiger partial charge is 0.138 e. The number of carbonyl (C=O) groups excluding carboxylic acids is 1. The monoisotopic (exact) mass is 182 g/mol. The minimum atomic E-state index is -1.28. The quantitative estimate of drug-likeness (QED) is 0.698. The average molecular weight is 182 g/mol. The zero-order valence-corrected chi connectivity index (χ0v) is 7.35. The second kappa shape index (κ2) is 4.01. The van der Waals surface area contributed by atoms with Gasteiger partial charge in [-0.05, 0) is 18.4 Å². The summed E-state index contributed by atoms with van der Waals surface area (Å²) in [6, 6.07) is 7.16. The number of amides is 1. The van der Waals surface area contributed by atoms with Gasteiger partial charge in [0.15, 0.2) is 0 Å². The lowest BCUT2D eigenvalue weighted by atomic mass is 10.3. The van der Waals surface area contributed by atoms with Crippen molar-refractivity contribution in [1.29, 1.82) is 0 Å². The molecule has 0 aliphatic carbocycles. The van der Waals surface area contributed by atoms with Crippen molar-refractivity contribution in [2.75, 3.05) is 11.6 Å². The molecule has 3 nitrogen and oxygen atoms in total. The third kappa shape index (κ3) is 2.17. The fourth-order valence-corrected chi connectivity index (χ4v) is 1.41. The van der Waals surface area contributed by atoms with Gasteiger partial charge in [0.2, 0.25) is 0 Å². The molecule has 0 spiro atoms. The number of anilines is 1. The standard InChI is InChI=1S/C8H9NO2S/c1-12-7-5-3-2-4-6(7)9-8(10)11/h2-5,9H,1H3,(H,10,11)/p-1. The maximum Gasteiger partial charge on any atom is 0.138 e. The molecule has 1 rings (SSSR count). The normalized spacial score (nSPS) is 9.42. The molecule has 0 fully saturated rings. The van der Waals surface area contributed by atoms with Crippen molar-refractivity contribution in [1.82, 2.24) is 0 Å². The first kappa shape index (κ1) is 8.93. The summed E-state index contributed by atoms with van der Waals surface area (Å²) in [6.07, 6.45) is 0.604. The summed E-state index contributed by atoms with van der Waals surface area (Å²) in [5.41, 5.74) is 0.574. The summed E-state index contributed by atoms with van der Waals surface area (Å²) in [5, 5.41) is 12.4. The number of para-hydroxylation sites is 1. The first-order valence-electron chi connectivity index (χ1n) is 3.35. The van der Waals surface area contributed by atoms with Gasteiger partial charge in [-0.3, -0.25) is 0 Å². The van der Waals surface area contributed by atoms with Gasteiger partial charge in [0.25, 0.3) is 0 Å². The number of nitrogens with one attached hydrogen (secondary N) is 1. The van der Waals surface area contributed by atoms with Gasteiger partial charge >= 0.3 is 0 Å². The van der Waals surface area contributed by atoms with Crippen molar-refractivity contribution in [3.63, 3.8) is 0 Å². The number of hydrogen-bond donors (Lipinski definition) is 1. The molecule has 0 saturated carbocycles. The minimum absolute atomic E-state index is 0.574. The Morgan fingerprint density at radius 3 is 2.75 bits per heavy atom. The van der Waals surface area contributed by atoms with E-state index in [0.717, 1.165) is 4.90 Å². The summed E-state index contributed by atoms with van der Waals surface area (Å²) in [7, 11) is 0. The molecule has 0 aliphatic heterocycles. The maximum absolute atomic E-state index is 10.2. The van der Waals surface area contributed by atoms with E-state index in [1.807, 2.05) is 18.4 Å². The van der Waals surface area contributed by atoms with E-state index in [2.05, 4.69) is 5.32 Å². The molecule has 0 atom stereocenters. The van der Waals surface area contributed by atoms with Crippen LogP contribution in [0.15, 0.2) is 29.2 Å². The topological polar surface area (TPSA) is 52.2 Å². The van der Waals surface area contributed by atoms with Gasteiger partial charge in [0, 0.05) is 4.90 Å². The van der Waals surface area contributed by atoms with Gasteiger partial charge in [0.1, 0.15) is 6.09 Å². The van der Waals surface area contributed by atoms with E-state index in [-0.39, 0.29) is 0 Å². The zero-order chi connectivity index (χ0) is 8.97. The largest absolute Gasteiger partial charge is 0.530 e. The number of rotatable bonds is 2. The first-order valence-corrected chi connectivity index (χ1v) is 4.57. The molecule has 0 unspecified atom stereocenters. The lowest BCUT2D eigenvalue weighted by Gasteiger charge is -2.09. The van der Waals surface area contributed by atoms with Crippen molar-refractivity contribution in [3.05, 3.63) is 24.3 Å². The van der Waals surface area contributed by atoms with Crippen LogP contribution in [0.4, 0.5) is 10.5 Å². The van der Waals surface area contributed by atoms with Gasteiger partial charge < -0.3 is 15.2 Å². The molecule has 0 aliphatic rings. The molecule has 0 bridgehead atoms. The van der Waals surface area contributed by atoms with Crippen molar-refractivity contribution in [2.24, 2.45) is 0 Å². The zero-order valence-electron chi connectivity index (χ0n) is 6.53. The number of carbonyl (C=O) groups is 1. The Morgan fingerprint density at radius 2 is 2.17 bits per heavy atom. The highest BCUT2D eigenvalue weighted by molar-refractivity contribution is 7.98. The van der Waals surface area contributed by atoms with Crippen molar-refractivity contribution in [3.8, 4) is 0 Å². The Hall–Kier alpha value is -1.16. The predicted octanol–water partition coefficient (Wildman–Crippen LogP) is 1.16. The van der Waals surface area contributed by atoms with Gasteiger partial charge in [-0.2, -0.15) is 0 Å². The molecular weight excluding hydrogens is 174 g/mol. The van der Waals surface area contributed by atoms with E-state index in [4.69, 9.17) is 0 Å². The maximum atomic E-state index is 10.2. The lowest BCUT2D eigenvalue weighted by Crippen LogP contribution is -2.28. The Labute approximate surface area is 74.8 Å².